The third kappa shape index (κ3) is 4.23. The zero-order chi connectivity index (χ0) is 19.3. The Balaban J connectivity index is 1.36. The minimum atomic E-state index is -0.0826. The van der Waals surface area contributed by atoms with Gasteiger partial charge in [0.05, 0.1) is 17.1 Å². The Morgan fingerprint density at radius 3 is 2.57 bits per heavy atom. The van der Waals surface area contributed by atoms with E-state index in [1.807, 2.05) is 67.6 Å². The van der Waals surface area contributed by atoms with Crippen LogP contribution in [-0.4, -0.2) is 20.9 Å². The number of H-pyrrole nitrogens is 1. The summed E-state index contributed by atoms with van der Waals surface area (Å²) in [4.78, 5) is 24.4. The normalized spacial score (nSPS) is 12.0. The van der Waals surface area contributed by atoms with Gasteiger partial charge in [-0.2, -0.15) is 0 Å². The van der Waals surface area contributed by atoms with Crippen molar-refractivity contribution in [1.82, 2.24) is 20.3 Å². The minimum Gasteiger partial charge on any atom is -0.346 e. The average Bonchev–Trinajstić information content (AvgIpc) is 3.16. The number of benzene rings is 2. The van der Waals surface area contributed by atoms with E-state index in [0.717, 1.165) is 33.1 Å². The molecule has 0 aliphatic rings. The van der Waals surface area contributed by atoms with Crippen LogP contribution in [0.15, 0.2) is 78.2 Å². The van der Waals surface area contributed by atoms with Crippen LogP contribution < -0.4 is 5.32 Å². The first-order chi connectivity index (χ1) is 13.7. The van der Waals surface area contributed by atoms with Crippen LogP contribution in [0.2, 0.25) is 0 Å². The zero-order valence-corrected chi connectivity index (χ0v) is 16.2. The molecule has 0 saturated carbocycles. The van der Waals surface area contributed by atoms with Crippen molar-refractivity contribution in [3.8, 4) is 0 Å². The van der Waals surface area contributed by atoms with E-state index in [2.05, 4.69) is 20.3 Å². The molecule has 2 aromatic carbocycles. The van der Waals surface area contributed by atoms with Gasteiger partial charge in [0, 0.05) is 23.7 Å². The van der Waals surface area contributed by atoms with E-state index in [1.54, 1.807) is 24.2 Å². The molecule has 0 bridgehead atoms. The Morgan fingerprint density at radius 1 is 1.07 bits per heavy atom. The molecule has 1 atom stereocenters. The summed E-state index contributed by atoms with van der Waals surface area (Å²) in [6, 6.07) is 19.4. The fraction of sp³-hybridized carbons (Fsp3) is 0.136. The summed E-state index contributed by atoms with van der Waals surface area (Å²) in [5.41, 5.74) is 4.84. The molecule has 1 amide bonds. The molecule has 2 aromatic heterocycles. The number of amides is 1. The van der Waals surface area contributed by atoms with Crippen molar-refractivity contribution in [1.29, 1.82) is 0 Å². The Labute approximate surface area is 167 Å². The molecule has 140 valence electrons. The number of pyridine rings is 1. The first kappa shape index (κ1) is 18.3. The van der Waals surface area contributed by atoms with Crippen LogP contribution in [-0.2, 0) is 5.75 Å². The van der Waals surface area contributed by atoms with Crippen molar-refractivity contribution in [2.45, 2.75) is 23.9 Å². The van der Waals surface area contributed by atoms with Crippen LogP contribution in [0.1, 0.15) is 34.5 Å². The van der Waals surface area contributed by atoms with Crippen molar-refractivity contribution >= 4 is 28.7 Å². The standard InChI is InChI=1S/C22H20N4OS/c1-15(17-10-12-23-13-11-17)24-21(27)18-8-6-16(7-9-18)14-28-22-25-19-4-2-3-5-20(19)26-22/h2-13,15H,14H2,1H3,(H,24,27)(H,25,26). The number of aromatic nitrogens is 3. The predicted octanol–water partition coefficient (Wildman–Crippen LogP) is 4.74. The lowest BCUT2D eigenvalue weighted by Crippen LogP contribution is -2.26. The fourth-order valence-corrected chi connectivity index (χ4v) is 3.76. The second kappa shape index (κ2) is 8.27. The highest BCUT2D eigenvalue weighted by Gasteiger charge is 2.11. The highest BCUT2D eigenvalue weighted by molar-refractivity contribution is 7.98. The highest BCUT2D eigenvalue weighted by Crippen LogP contribution is 2.23. The van der Waals surface area contributed by atoms with E-state index >= 15 is 0 Å². The molecule has 0 spiro atoms. The van der Waals surface area contributed by atoms with Crippen LogP contribution in [0.25, 0.3) is 11.0 Å². The molecule has 6 heteroatoms. The molecule has 2 N–H and O–H groups in total. The van der Waals surface area contributed by atoms with Crippen molar-refractivity contribution in [2.24, 2.45) is 0 Å². The topological polar surface area (TPSA) is 70.7 Å². The van der Waals surface area contributed by atoms with Gasteiger partial charge in [0.15, 0.2) is 5.16 Å². The molecule has 5 nitrogen and oxygen atoms in total. The molecule has 0 aliphatic carbocycles. The van der Waals surface area contributed by atoms with E-state index in [9.17, 15) is 4.79 Å². The maximum atomic E-state index is 12.5. The molecule has 2 heterocycles. The number of hydrogen-bond acceptors (Lipinski definition) is 4. The van der Waals surface area contributed by atoms with Crippen LogP contribution in [0.3, 0.4) is 0 Å². The molecule has 4 rings (SSSR count). The lowest BCUT2D eigenvalue weighted by atomic mass is 10.1. The second-order valence-electron chi connectivity index (χ2n) is 6.52. The number of aromatic amines is 1. The van der Waals surface area contributed by atoms with Gasteiger partial charge in [-0.25, -0.2) is 4.98 Å². The van der Waals surface area contributed by atoms with E-state index < -0.39 is 0 Å². The molecular weight excluding hydrogens is 368 g/mol. The summed E-state index contributed by atoms with van der Waals surface area (Å²) in [6.45, 7) is 1.96. The average molecular weight is 388 g/mol. The van der Waals surface area contributed by atoms with Gasteiger partial charge in [0.25, 0.3) is 5.91 Å². The van der Waals surface area contributed by atoms with Crippen molar-refractivity contribution < 1.29 is 4.79 Å². The van der Waals surface area contributed by atoms with Gasteiger partial charge in [-0.1, -0.05) is 36.0 Å². The first-order valence-electron chi connectivity index (χ1n) is 9.06. The largest absolute Gasteiger partial charge is 0.346 e. The molecular formula is C22H20N4OS. The molecule has 28 heavy (non-hydrogen) atoms. The second-order valence-corrected chi connectivity index (χ2v) is 7.48. The Morgan fingerprint density at radius 2 is 1.82 bits per heavy atom. The Kier molecular flexibility index (Phi) is 5.39. The molecule has 0 saturated heterocycles. The Bertz CT molecular complexity index is 1040. The number of fused-ring (bicyclic) bond motifs is 1. The first-order valence-corrected chi connectivity index (χ1v) is 10.0. The van der Waals surface area contributed by atoms with Crippen LogP contribution in [0, 0.1) is 0 Å². The molecule has 0 fully saturated rings. The van der Waals surface area contributed by atoms with E-state index in [0.29, 0.717) is 5.56 Å². The number of carbonyl (C=O) groups excluding carboxylic acids is 1. The summed E-state index contributed by atoms with van der Waals surface area (Å²) in [5, 5.41) is 3.92. The maximum Gasteiger partial charge on any atom is 0.251 e. The quantitative estimate of drug-likeness (QED) is 0.468. The Hall–Kier alpha value is -3.12. The van der Waals surface area contributed by atoms with Gasteiger partial charge in [0.1, 0.15) is 0 Å². The van der Waals surface area contributed by atoms with Crippen LogP contribution in [0.5, 0.6) is 0 Å². The van der Waals surface area contributed by atoms with Crippen molar-refractivity contribution in [3.05, 3.63) is 89.7 Å². The summed E-state index contributed by atoms with van der Waals surface area (Å²) in [6.07, 6.45) is 3.46. The SMILES string of the molecule is CC(NC(=O)c1ccc(CSc2nc3ccccc3[nH]2)cc1)c1ccncc1. The molecule has 0 aliphatic heterocycles. The van der Waals surface area contributed by atoms with Crippen molar-refractivity contribution in [3.63, 3.8) is 0 Å². The van der Waals surface area contributed by atoms with Crippen LogP contribution >= 0.6 is 11.8 Å². The van der Waals surface area contributed by atoms with E-state index in [4.69, 9.17) is 0 Å². The number of nitrogens with zero attached hydrogens (tertiary/aromatic N) is 2. The third-order valence-corrected chi connectivity index (χ3v) is 5.46. The maximum absolute atomic E-state index is 12.5. The lowest BCUT2D eigenvalue weighted by Gasteiger charge is -2.14. The predicted molar refractivity (Wildman–Crippen MR) is 112 cm³/mol. The minimum absolute atomic E-state index is 0.0705. The van der Waals surface area contributed by atoms with Gasteiger partial charge >= 0.3 is 0 Å². The summed E-state index contributed by atoms with van der Waals surface area (Å²) in [5.74, 6) is 0.704. The highest BCUT2D eigenvalue weighted by atomic mass is 32.2. The monoisotopic (exact) mass is 388 g/mol. The van der Waals surface area contributed by atoms with Gasteiger partial charge < -0.3 is 10.3 Å². The summed E-state index contributed by atoms with van der Waals surface area (Å²) < 4.78 is 0. The van der Waals surface area contributed by atoms with Gasteiger partial charge in [0.2, 0.25) is 0 Å². The summed E-state index contributed by atoms with van der Waals surface area (Å²) >= 11 is 1.65. The molecule has 4 aromatic rings. The fourth-order valence-electron chi connectivity index (χ4n) is 2.92. The lowest BCUT2D eigenvalue weighted by molar-refractivity contribution is 0.0940. The number of hydrogen-bond donors (Lipinski definition) is 2. The number of thioether (sulfide) groups is 1. The van der Waals surface area contributed by atoms with Crippen molar-refractivity contribution in [2.75, 3.05) is 0 Å². The molecule has 0 radical (unpaired) electrons. The van der Waals surface area contributed by atoms with Gasteiger partial charge in [-0.3, -0.25) is 9.78 Å². The number of rotatable bonds is 6. The number of nitrogens with one attached hydrogen (secondary N) is 2. The van der Waals surface area contributed by atoms with Crippen LogP contribution in [0.4, 0.5) is 0 Å². The van der Waals surface area contributed by atoms with Gasteiger partial charge in [-0.05, 0) is 54.4 Å². The number of imidazole rings is 1. The van der Waals surface area contributed by atoms with E-state index in [-0.39, 0.29) is 11.9 Å². The number of para-hydroxylation sites is 2. The summed E-state index contributed by atoms with van der Waals surface area (Å²) in [7, 11) is 0. The number of carbonyl (C=O) groups is 1. The zero-order valence-electron chi connectivity index (χ0n) is 15.4. The third-order valence-electron chi connectivity index (χ3n) is 4.51. The smallest absolute Gasteiger partial charge is 0.251 e. The molecule has 1 unspecified atom stereocenters. The van der Waals surface area contributed by atoms with E-state index in [1.165, 1.54) is 0 Å². The van der Waals surface area contributed by atoms with Gasteiger partial charge in [-0.15, -0.1) is 0 Å².